The number of benzene rings is 2. The van der Waals surface area contributed by atoms with Gasteiger partial charge < -0.3 is 5.32 Å². The first-order valence-corrected chi connectivity index (χ1v) is 6.17. The zero-order valence-electron chi connectivity index (χ0n) is 10.4. The lowest BCUT2D eigenvalue weighted by atomic mass is 10.1. The number of hydrogen-bond donors (Lipinski definition) is 1. The molecule has 0 atom stereocenters. The average Bonchev–Trinajstić information content (AvgIpc) is 2.40. The number of anilines is 1. The van der Waals surface area contributed by atoms with Gasteiger partial charge in [0.05, 0.1) is 4.92 Å². The highest BCUT2D eigenvalue weighted by atomic mass is 35.5. The first-order chi connectivity index (χ1) is 9.06. The summed E-state index contributed by atoms with van der Waals surface area (Å²) in [5.41, 5.74) is 3.14. The van der Waals surface area contributed by atoms with Gasteiger partial charge >= 0.3 is 0 Å². The van der Waals surface area contributed by atoms with Gasteiger partial charge in [0.1, 0.15) is 0 Å². The molecule has 0 heterocycles. The van der Waals surface area contributed by atoms with Crippen molar-refractivity contribution in [1.29, 1.82) is 0 Å². The van der Waals surface area contributed by atoms with Crippen molar-refractivity contribution in [2.75, 3.05) is 5.32 Å². The Morgan fingerprint density at radius 3 is 2.53 bits per heavy atom. The molecule has 5 heteroatoms. The molecule has 0 aliphatic carbocycles. The molecule has 1 N–H and O–H groups in total. The van der Waals surface area contributed by atoms with Crippen LogP contribution in [0.3, 0.4) is 0 Å². The molecule has 19 heavy (non-hydrogen) atoms. The van der Waals surface area contributed by atoms with Gasteiger partial charge in [0.15, 0.2) is 0 Å². The summed E-state index contributed by atoms with van der Waals surface area (Å²) >= 11 is 5.94. The molecule has 0 bridgehead atoms. The number of rotatable bonds is 4. The van der Waals surface area contributed by atoms with E-state index in [-0.39, 0.29) is 5.69 Å². The van der Waals surface area contributed by atoms with Gasteiger partial charge in [0.25, 0.3) is 5.69 Å². The predicted molar refractivity (Wildman–Crippen MR) is 76.6 cm³/mol. The van der Waals surface area contributed by atoms with E-state index in [9.17, 15) is 10.1 Å². The van der Waals surface area contributed by atoms with Crippen LogP contribution in [0.15, 0.2) is 42.5 Å². The molecule has 0 saturated carbocycles. The Hall–Kier alpha value is -2.07. The molecule has 0 aliphatic rings. The molecular weight excluding hydrogens is 264 g/mol. The number of nitrogens with one attached hydrogen (secondary N) is 1. The Morgan fingerprint density at radius 1 is 1.21 bits per heavy atom. The summed E-state index contributed by atoms with van der Waals surface area (Å²) in [6.45, 7) is 2.59. The first kappa shape index (κ1) is 13.4. The number of nitro benzene ring substituents is 1. The molecule has 2 rings (SSSR count). The van der Waals surface area contributed by atoms with Gasteiger partial charge in [-0.05, 0) is 30.2 Å². The minimum atomic E-state index is -0.404. The molecule has 2 aromatic carbocycles. The maximum atomic E-state index is 10.5. The third kappa shape index (κ3) is 3.45. The van der Waals surface area contributed by atoms with E-state index in [1.165, 1.54) is 12.1 Å². The lowest BCUT2D eigenvalue weighted by molar-refractivity contribution is -0.384. The molecule has 2 aromatic rings. The van der Waals surface area contributed by atoms with Crippen LogP contribution in [0.2, 0.25) is 5.02 Å². The van der Waals surface area contributed by atoms with Gasteiger partial charge in [0.2, 0.25) is 0 Å². The van der Waals surface area contributed by atoms with Gasteiger partial charge in [0, 0.05) is 29.4 Å². The van der Waals surface area contributed by atoms with Crippen LogP contribution in [0.5, 0.6) is 0 Å². The van der Waals surface area contributed by atoms with E-state index in [1.807, 2.05) is 25.1 Å². The summed E-state index contributed by atoms with van der Waals surface area (Å²) in [5, 5.41) is 14.5. The maximum absolute atomic E-state index is 10.5. The molecule has 4 nitrogen and oxygen atoms in total. The minimum Gasteiger partial charge on any atom is -0.381 e. The van der Waals surface area contributed by atoms with E-state index >= 15 is 0 Å². The van der Waals surface area contributed by atoms with Gasteiger partial charge in [-0.3, -0.25) is 10.1 Å². The molecule has 0 amide bonds. The number of hydrogen-bond acceptors (Lipinski definition) is 3. The van der Waals surface area contributed by atoms with E-state index in [0.717, 1.165) is 16.8 Å². The summed E-state index contributed by atoms with van der Waals surface area (Å²) in [5.74, 6) is 0. The molecule has 0 saturated heterocycles. The molecule has 0 fully saturated rings. The summed E-state index contributed by atoms with van der Waals surface area (Å²) in [4.78, 5) is 10.1. The number of aryl methyl sites for hydroxylation is 1. The Balaban J connectivity index is 2.06. The van der Waals surface area contributed by atoms with Gasteiger partial charge in [-0.25, -0.2) is 0 Å². The highest BCUT2D eigenvalue weighted by Crippen LogP contribution is 2.21. The van der Waals surface area contributed by atoms with Crippen molar-refractivity contribution in [2.24, 2.45) is 0 Å². The van der Waals surface area contributed by atoms with Crippen molar-refractivity contribution < 1.29 is 4.92 Å². The van der Waals surface area contributed by atoms with Crippen molar-refractivity contribution in [3.05, 3.63) is 68.7 Å². The first-order valence-electron chi connectivity index (χ1n) is 5.79. The minimum absolute atomic E-state index is 0.0997. The topological polar surface area (TPSA) is 55.2 Å². The summed E-state index contributed by atoms with van der Waals surface area (Å²) < 4.78 is 0. The quantitative estimate of drug-likeness (QED) is 0.673. The fourth-order valence-electron chi connectivity index (χ4n) is 1.72. The molecule has 0 unspecified atom stereocenters. The largest absolute Gasteiger partial charge is 0.381 e. The standard InChI is InChI=1S/C14H13ClN2O2/c1-10-2-5-12(15)8-14(10)16-9-11-3-6-13(7-4-11)17(18)19/h2-8,16H,9H2,1H3. The van der Waals surface area contributed by atoms with Crippen molar-refractivity contribution in [1.82, 2.24) is 0 Å². The van der Waals surface area contributed by atoms with E-state index in [4.69, 9.17) is 11.6 Å². The van der Waals surface area contributed by atoms with Crippen LogP contribution in [-0.4, -0.2) is 4.92 Å². The van der Waals surface area contributed by atoms with Crippen LogP contribution in [0.4, 0.5) is 11.4 Å². The Labute approximate surface area is 116 Å². The van der Waals surface area contributed by atoms with E-state index in [2.05, 4.69) is 5.32 Å². The Kier molecular flexibility index (Phi) is 4.02. The van der Waals surface area contributed by atoms with Crippen molar-refractivity contribution in [2.45, 2.75) is 13.5 Å². The van der Waals surface area contributed by atoms with Crippen molar-refractivity contribution in [3.8, 4) is 0 Å². The highest BCUT2D eigenvalue weighted by Gasteiger charge is 2.04. The lowest BCUT2D eigenvalue weighted by Crippen LogP contribution is -2.01. The average molecular weight is 277 g/mol. The smallest absolute Gasteiger partial charge is 0.269 e. The Bertz CT molecular complexity index is 597. The summed E-state index contributed by atoms with van der Waals surface area (Å²) in [6, 6.07) is 12.1. The molecule has 0 aromatic heterocycles. The fourth-order valence-corrected chi connectivity index (χ4v) is 1.89. The number of halogens is 1. The third-order valence-electron chi connectivity index (χ3n) is 2.83. The second kappa shape index (κ2) is 5.71. The molecule has 98 valence electrons. The maximum Gasteiger partial charge on any atom is 0.269 e. The number of non-ortho nitro benzene ring substituents is 1. The fraction of sp³-hybridized carbons (Fsp3) is 0.143. The number of nitrogens with zero attached hydrogens (tertiary/aromatic N) is 1. The normalized spacial score (nSPS) is 10.2. The van der Waals surface area contributed by atoms with Gasteiger partial charge in [-0.2, -0.15) is 0 Å². The monoisotopic (exact) mass is 276 g/mol. The summed E-state index contributed by atoms with van der Waals surface area (Å²) in [7, 11) is 0. The van der Waals surface area contributed by atoms with Crippen LogP contribution in [0.1, 0.15) is 11.1 Å². The highest BCUT2D eigenvalue weighted by molar-refractivity contribution is 6.30. The zero-order chi connectivity index (χ0) is 13.8. The lowest BCUT2D eigenvalue weighted by Gasteiger charge is -2.10. The Morgan fingerprint density at radius 2 is 1.89 bits per heavy atom. The van der Waals surface area contributed by atoms with Crippen LogP contribution >= 0.6 is 11.6 Å². The SMILES string of the molecule is Cc1ccc(Cl)cc1NCc1ccc([N+](=O)[O-])cc1. The second-order valence-corrected chi connectivity index (χ2v) is 4.67. The van der Waals surface area contributed by atoms with Crippen molar-refractivity contribution >= 4 is 23.0 Å². The predicted octanol–water partition coefficient (Wildman–Crippen LogP) is 4.17. The molecule has 0 radical (unpaired) electrons. The van der Waals surface area contributed by atoms with Crippen LogP contribution in [-0.2, 0) is 6.54 Å². The van der Waals surface area contributed by atoms with Crippen LogP contribution in [0.25, 0.3) is 0 Å². The van der Waals surface area contributed by atoms with E-state index in [1.54, 1.807) is 12.1 Å². The van der Waals surface area contributed by atoms with E-state index < -0.39 is 4.92 Å². The number of nitro groups is 1. The van der Waals surface area contributed by atoms with Crippen molar-refractivity contribution in [3.63, 3.8) is 0 Å². The zero-order valence-corrected chi connectivity index (χ0v) is 11.1. The third-order valence-corrected chi connectivity index (χ3v) is 3.06. The second-order valence-electron chi connectivity index (χ2n) is 4.24. The molecule has 0 spiro atoms. The summed E-state index contributed by atoms with van der Waals surface area (Å²) in [6.07, 6.45) is 0. The van der Waals surface area contributed by atoms with E-state index in [0.29, 0.717) is 11.6 Å². The van der Waals surface area contributed by atoms with Crippen LogP contribution < -0.4 is 5.32 Å². The van der Waals surface area contributed by atoms with Crippen LogP contribution in [0, 0.1) is 17.0 Å². The van der Waals surface area contributed by atoms with Gasteiger partial charge in [-0.15, -0.1) is 0 Å². The van der Waals surface area contributed by atoms with Gasteiger partial charge in [-0.1, -0.05) is 29.8 Å². The molecular formula is C14H13ClN2O2. The molecule has 0 aliphatic heterocycles.